The molecule has 1 saturated carbocycles. The first-order chi connectivity index (χ1) is 19.7. The van der Waals surface area contributed by atoms with Crippen LogP contribution in [-0.4, -0.2) is 50.9 Å². The maximum Gasteiger partial charge on any atom is 0.264 e. The van der Waals surface area contributed by atoms with Crippen molar-refractivity contribution in [1.29, 1.82) is 0 Å². The van der Waals surface area contributed by atoms with Crippen molar-refractivity contribution >= 4 is 27.5 Å². The molecule has 1 atom stereocenters. The fraction of sp³-hybridized carbons (Fsp3) is 0.355. The third-order valence-electron chi connectivity index (χ3n) is 7.36. The Morgan fingerprint density at radius 2 is 1.59 bits per heavy atom. The van der Waals surface area contributed by atoms with E-state index in [1.54, 1.807) is 56.5 Å². The number of nitrogens with one attached hydrogen (secondary N) is 1. The van der Waals surface area contributed by atoms with Crippen molar-refractivity contribution in [1.82, 2.24) is 10.2 Å². The summed E-state index contributed by atoms with van der Waals surface area (Å²) in [6, 6.07) is 18.9. The molecule has 0 unspecified atom stereocenters. The van der Waals surface area contributed by atoms with E-state index in [-0.39, 0.29) is 29.1 Å². The summed E-state index contributed by atoms with van der Waals surface area (Å²) < 4.78 is 47.4. The molecule has 4 rings (SSSR count). The smallest absolute Gasteiger partial charge is 0.264 e. The van der Waals surface area contributed by atoms with Crippen LogP contribution >= 0.6 is 0 Å². The lowest BCUT2D eigenvalue weighted by Crippen LogP contribution is -2.53. The first-order valence-electron chi connectivity index (χ1n) is 13.7. The van der Waals surface area contributed by atoms with Gasteiger partial charge in [-0.2, -0.15) is 0 Å². The quantitative estimate of drug-likeness (QED) is 0.348. The van der Waals surface area contributed by atoms with Gasteiger partial charge in [-0.1, -0.05) is 49.6 Å². The summed E-state index contributed by atoms with van der Waals surface area (Å²) in [7, 11) is -2.64. The third kappa shape index (κ3) is 7.64. The average Bonchev–Trinajstić information content (AvgIpc) is 3.00. The Kier molecular flexibility index (Phi) is 9.99. The van der Waals surface area contributed by atoms with E-state index in [0.29, 0.717) is 5.75 Å². The van der Waals surface area contributed by atoms with E-state index in [1.165, 1.54) is 29.2 Å². The Labute approximate surface area is 241 Å². The van der Waals surface area contributed by atoms with Gasteiger partial charge in [0, 0.05) is 12.6 Å². The van der Waals surface area contributed by atoms with Gasteiger partial charge >= 0.3 is 0 Å². The van der Waals surface area contributed by atoms with Crippen molar-refractivity contribution in [2.75, 3.05) is 18.0 Å². The van der Waals surface area contributed by atoms with Crippen LogP contribution in [0.15, 0.2) is 83.8 Å². The number of sulfonamides is 1. The molecule has 0 radical (unpaired) electrons. The number of rotatable bonds is 11. The molecule has 3 aromatic carbocycles. The topological polar surface area (TPSA) is 96.0 Å². The van der Waals surface area contributed by atoms with Gasteiger partial charge in [-0.15, -0.1) is 0 Å². The number of methoxy groups -OCH3 is 1. The van der Waals surface area contributed by atoms with Crippen LogP contribution in [0.1, 0.15) is 44.6 Å². The minimum Gasteiger partial charge on any atom is -0.497 e. The van der Waals surface area contributed by atoms with E-state index in [1.807, 2.05) is 0 Å². The summed E-state index contributed by atoms with van der Waals surface area (Å²) in [5, 5.41) is 3.08. The molecular formula is C31H36FN3O5S. The number of carbonyl (C=O) groups is 2. The number of amides is 2. The lowest BCUT2D eigenvalue weighted by Gasteiger charge is -2.33. The number of ether oxygens (including phenoxy) is 1. The molecule has 218 valence electrons. The molecule has 41 heavy (non-hydrogen) atoms. The van der Waals surface area contributed by atoms with Crippen LogP contribution in [0.25, 0.3) is 0 Å². The molecular weight excluding hydrogens is 545 g/mol. The molecule has 0 saturated heterocycles. The van der Waals surface area contributed by atoms with Crippen molar-refractivity contribution in [3.05, 3.63) is 90.2 Å². The molecule has 8 nitrogen and oxygen atoms in total. The summed E-state index contributed by atoms with van der Waals surface area (Å²) in [5.41, 5.74) is 0.878. The highest BCUT2D eigenvalue weighted by Gasteiger charge is 2.33. The first kappa shape index (κ1) is 30.0. The Morgan fingerprint density at radius 1 is 0.951 bits per heavy atom. The summed E-state index contributed by atoms with van der Waals surface area (Å²) in [5.74, 6) is -0.758. The SMILES string of the molecule is COc1ccc(CN(C(=O)CN(c2ccc(F)cc2)S(=O)(=O)c2ccccc2)[C@@H](C)C(=O)NC2CCCCC2)cc1. The fourth-order valence-electron chi connectivity index (χ4n) is 4.93. The minimum atomic E-state index is -4.20. The van der Waals surface area contributed by atoms with Gasteiger partial charge in [0.25, 0.3) is 10.0 Å². The molecule has 0 bridgehead atoms. The highest BCUT2D eigenvalue weighted by molar-refractivity contribution is 7.92. The molecule has 0 spiro atoms. The Hall–Kier alpha value is -3.92. The Bertz CT molecular complexity index is 1410. The zero-order valence-electron chi connectivity index (χ0n) is 23.3. The zero-order chi connectivity index (χ0) is 29.4. The predicted octanol–water partition coefficient (Wildman–Crippen LogP) is 4.90. The molecule has 1 N–H and O–H groups in total. The van der Waals surface area contributed by atoms with Gasteiger partial charge < -0.3 is 15.0 Å². The maximum atomic E-state index is 14.0. The van der Waals surface area contributed by atoms with Gasteiger partial charge in [0.2, 0.25) is 11.8 Å². The van der Waals surface area contributed by atoms with Crippen LogP contribution < -0.4 is 14.4 Å². The number of hydrogen-bond acceptors (Lipinski definition) is 5. The normalized spacial score (nSPS) is 14.6. The molecule has 3 aromatic rings. The van der Waals surface area contributed by atoms with Gasteiger partial charge in [0.05, 0.1) is 17.7 Å². The van der Waals surface area contributed by atoms with Crippen molar-refractivity contribution < 1.29 is 27.1 Å². The number of hydrogen-bond donors (Lipinski definition) is 1. The van der Waals surface area contributed by atoms with Crippen LogP contribution in [0.2, 0.25) is 0 Å². The van der Waals surface area contributed by atoms with Gasteiger partial charge in [-0.25, -0.2) is 12.8 Å². The Balaban J connectivity index is 1.65. The van der Waals surface area contributed by atoms with Crippen molar-refractivity contribution in [2.24, 2.45) is 0 Å². The third-order valence-corrected chi connectivity index (χ3v) is 9.14. The molecule has 2 amide bonds. The summed E-state index contributed by atoms with van der Waals surface area (Å²) >= 11 is 0. The van der Waals surface area contributed by atoms with Gasteiger partial charge in [0.1, 0.15) is 24.2 Å². The van der Waals surface area contributed by atoms with Gasteiger partial charge in [-0.05, 0) is 73.9 Å². The van der Waals surface area contributed by atoms with Crippen LogP contribution in [0, 0.1) is 5.82 Å². The molecule has 0 aromatic heterocycles. The first-order valence-corrected chi connectivity index (χ1v) is 15.2. The van der Waals surface area contributed by atoms with E-state index >= 15 is 0 Å². The summed E-state index contributed by atoms with van der Waals surface area (Å²) in [6.07, 6.45) is 4.99. The predicted molar refractivity (Wildman–Crippen MR) is 155 cm³/mol. The number of carbonyl (C=O) groups excluding carboxylic acids is 2. The van der Waals surface area contributed by atoms with Crippen molar-refractivity contribution in [3.8, 4) is 5.75 Å². The summed E-state index contributed by atoms with van der Waals surface area (Å²) in [6.45, 7) is 1.14. The number of anilines is 1. The highest BCUT2D eigenvalue weighted by Crippen LogP contribution is 2.25. The van der Waals surface area contributed by atoms with Crippen LogP contribution in [0.5, 0.6) is 5.75 Å². The zero-order valence-corrected chi connectivity index (χ0v) is 24.1. The molecule has 1 aliphatic rings. The van der Waals surface area contributed by atoms with E-state index in [9.17, 15) is 22.4 Å². The van der Waals surface area contributed by atoms with E-state index in [4.69, 9.17) is 4.74 Å². The van der Waals surface area contributed by atoms with Crippen LogP contribution in [-0.2, 0) is 26.2 Å². The van der Waals surface area contributed by atoms with Crippen LogP contribution in [0.4, 0.5) is 10.1 Å². The minimum absolute atomic E-state index is 0.0121. The number of benzene rings is 3. The van der Waals surface area contributed by atoms with Gasteiger partial charge in [0.15, 0.2) is 0 Å². The molecule has 0 heterocycles. The van der Waals surface area contributed by atoms with Crippen LogP contribution in [0.3, 0.4) is 0 Å². The van der Waals surface area contributed by atoms with E-state index in [2.05, 4.69) is 5.32 Å². The van der Waals surface area contributed by atoms with E-state index in [0.717, 1.165) is 54.1 Å². The highest BCUT2D eigenvalue weighted by atomic mass is 32.2. The standard InChI is InChI=1S/C31H36FN3O5S/c1-23(31(37)33-26-9-5-3-6-10-26)34(21-24-13-19-28(40-2)20-14-24)30(36)22-35(27-17-15-25(32)16-18-27)41(38,39)29-11-7-4-8-12-29/h4,7-8,11-20,23,26H,3,5-6,9-10,21-22H2,1-2H3,(H,33,37)/t23-/m0/s1. The fourth-order valence-corrected chi connectivity index (χ4v) is 6.37. The molecule has 1 fully saturated rings. The van der Waals surface area contributed by atoms with Gasteiger partial charge in [-0.3, -0.25) is 13.9 Å². The van der Waals surface area contributed by atoms with E-state index < -0.39 is 34.3 Å². The summed E-state index contributed by atoms with van der Waals surface area (Å²) in [4.78, 5) is 28.7. The second kappa shape index (κ2) is 13.6. The lowest BCUT2D eigenvalue weighted by molar-refractivity contribution is -0.139. The Morgan fingerprint density at radius 3 is 2.20 bits per heavy atom. The molecule has 1 aliphatic carbocycles. The van der Waals surface area contributed by atoms with Crippen molar-refractivity contribution in [2.45, 2.75) is 62.6 Å². The molecule has 10 heteroatoms. The average molecular weight is 582 g/mol. The van der Waals surface area contributed by atoms with Crippen molar-refractivity contribution in [3.63, 3.8) is 0 Å². The maximum absolute atomic E-state index is 14.0. The molecule has 0 aliphatic heterocycles. The second-order valence-corrected chi connectivity index (χ2v) is 12.1. The largest absolute Gasteiger partial charge is 0.497 e. The lowest BCUT2D eigenvalue weighted by atomic mass is 9.95. The monoisotopic (exact) mass is 581 g/mol. The number of halogens is 1. The number of nitrogens with zero attached hydrogens (tertiary/aromatic N) is 2. The second-order valence-electron chi connectivity index (χ2n) is 10.2.